The fraction of sp³-hybridized carbons (Fsp3) is 0.429. The second-order valence-electron chi connectivity index (χ2n) is 4.69. The Kier molecular flexibility index (Phi) is 4.02. The van der Waals surface area contributed by atoms with Crippen molar-refractivity contribution in [2.45, 2.75) is 25.7 Å². The van der Waals surface area contributed by atoms with E-state index in [1.807, 2.05) is 0 Å². The summed E-state index contributed by atoms with van der Waals surface area (Å²) in [5.74, 6) is -2.32. The number of carboxylic acids is 1. The number of rotatable bonds is 3. The van der Waals surface area contributed by atoms with Crippen molar-refractivity contribution < 1.29 is 14.7 Å². The van der Waals surface area contributed by atoms with Gasteiger partial charge in [-0.1, -0.05) is 24.4 Å². The van der Waals surface area contributed by atoms with E-state index in [-0.39, 0.29) is 5.78 Å². The van der Waals surface area contributed by atoms with Gasteiger partial charge in [-0.05, 0) is 37.1 Å². The van der Waals surface area contributed by atoms with E-state index in [1.54, 1.807) is 24.3 Å². The minimum Gasteiger partial charge on any atom is -0.550 e. The highest BCUT2D eigenvalue weighted by Gasteiger charge is 2.32. The zero-order chi connectivity index (χ0) is 13.1. The smallest absolute Gasteiger partial charge is 0.166 e. The third-order valence-corrected chi connectivity index (χ3v) is 3.79. The second-order valence-corrected chi connectivity index (χ2v) is 5.12. The molecule has 3 nitrogen and oxygen atoms in total. The Morgan fingerprint density at radius 2 is 1.61 bits per heavy atom. The fourth-order valence-electron chi connectivity index (χ4n) is 2.56. The van der Waals surface area contributed by atoms with Crippen molar-refractivity contribution in [2.75, 3.05) is 0 Å². The van der Waals surface area contributed by atoms with Gasteiger partial charge in [-0.3, -0.25) is 4.79 Å². The number of Topliss-reactive ketones (excluding diaryl/α,β-unsaturated/α-hetero) is 1. The number of hydrogen-bond donors (Lipinski definition) is 0. The lowest BCUT2D eigenvalue weighted by molar-refractivity contribution is -0.313. The molecule has 0 unspecified atom stereocenters. The first-order valence-electron chi connectivity index (χ1n) is 6.10. The van der Waals surface area contributed by atoms with Crippen LogP contribution in [0.5, 0.6) is 0 Å². The van der Waals surface area contributed by atoms with Crippen molar-refractivity contribution in [3.63, 3.8) is 0 Å². The number of aliphatic carboxylic acids is 1. The van der Waals surface area contributed by atoms with E-state index in [2.05, 4.69) is 0 Å². The Morgan fingerprint density at radius 1 is 1.06 bits per heavy atom. The first kappa shape index (κ1) is 13.1. The van der Waals surface area contributed by atoms with Crippen molar-refractivity contribution in [1.82, 2.24) is 0 Å². The van der Waals surface area contributed by atoms with Crippen LogP contribution in [0.15, 0.2) is 24.3 Å². The van der Waals surface area contributed by atoms with E-state index in [9.17, 15) is 14.7 Å². The molecule has 0 saturated heterocycles. The Balaban J connectivity index is 2.20. The number of carbonyl (C=O) groups excluding carboxylic acids is 2. The van der Waals surface area contributed by atoms with Gasteiger partial charge in [-0.25, -0.2) is 0 Å². The Bertz CT molecular complexity index is 453. The lowest BCUT2D eigenvalue weighted by Crippen LogP contribution is -2.40. The molecule has 2 rings (SSSR count). The molecule has 1 fully saturated rings. The summed E-state index contributed by atoms with van der Waals surface area (Å²) in [5.41, 5.74) is 0.526. The molecule has 0 spiro atoms. The van der Waals surface area contributed by atoms with Gasteiger partial charge in [-0.15, -0.1) is 0 Å². The molecule has 1 aliphatic rings. The van der Waals surface area contributed by atoms with Crippen LogP contribution in [0.3, 0.4) is 0 Å². The summed E-state index contributed by atoms with van der Waals surface area (Å²) >= 11 is 5.77. The molecule has 1 aliphatic carbocycles. The molecule has 0 aliphatic heterocycles. The van der Waals surface area contributed by atoms with Crippen LogP contribution in [0.25, 0.3) is 0 Å². The summed E-state index contributed by atoms with van der Waals surface area (Å²) in [5, 5.41) is 11.6. The minimum atomic E-state index is -1.11. The highest BCUT2D eigenvalue weighted by Crippen LogP contribution is 2.32. The van der Waals surface area contributed by atoms with Crippen molar-refractivity contribution in [1.29, 1.82) is 0 Å². The quantitative estimate of drug-likeness (QED) is 0.786. The van der Waals surface area contributed by atoms with Crippen LogP contribution in [0, 0.1) is 11.8 Å². The van der Waals surface area contributed by atoms with Gasteiger partial charge >= 0.3 is 0 Å². The van der Waals surface area contributed by atoms with Crippen LogP contribution in [0.2, 0.25) is 5.02 Å². The van der Waals surface area contributed by atoms with Gasteiger partial charge in [0.2, 0.25) is 0 Å². The third-order valence-electron chi connectivity index (χ3n) is 3.53. The average Bonchev–Trinajstić information content (AvgIpc) is 2.39. The topological polar surface area (TPSA) is 57.2 Å². The van der Waals surface area contributed by atoms with E-state index >= 15 is 0 Å². The van der Waals surface area contributed by atoms with Gasteiger partial charge in [0.25, 0.3) is 0 Å². The van der Waals surface area contributed by atoms with E-state index in [0.29, 0.717) is 23.4 Å². The molecule has 0 N–H and O–H groups in total. The molecule has 1 saturated carbocycles. The van der Waals surface area contributed by atoms with Gasteiger partial charge < -0.3 is 9.90 Å². The standard InChI is InChI=1S/C14H15ClO3/c15-10-7-5-9(6-8-10)13(16)11-3-1-2-4-12(11)14(17)18/h5-8,11-12H,1-4H2,(H,17,18)/p-1/t11-,12+/m0/s1. The zero-order valence-corrected chi connectivity index (χ0v) is 10.7. The van der Waals surface area contributed by atoms with Crippen LogP contribution in [-0.4, -0.2) is 11.8 Å². The summed E-state index contributed by atoms with van der Waals surface area (Å²) < 4.78 is 0. The van der Waals surface area contributed by atoms with Gasteiger partial charge in [0, 0.05) is 28.4 Å². The third kappa shape index (κ3) is 2.72. The maximum atomic E-state index is 12.3. The highest BCUT2D eigenvalue weighted by atomic mass is 35.5. The van der Waals surface area contributed by atoms with Crippen LogP contribution in [0.1, 0.15) is 36.0 Å². The van der Waals surface area contributed by atoms with E-state index < -0.39 is 17.8 Å². The summed E-state index contributed by atoms with van der Waals surface area (Å²) in [6.45, 7) is 0. The van der Waals surface area contributed by atoms with Crippen LogP contribution >= 0.6 is 11.6 Å². The first-order chi connectivity index (χ1) is 8.59. The molecule has 0 radical (unpaired) electrons. The fourth-order valence-corrected chi connectivity index (χ4v) is 2.68. The molecule has 1 aromatic rings. The first-order valence-corrected chi connectivity index (χ1v) is 6.48. The number of ketones is 1. The summed E-state index contributed by atoms with van der Waals surface area (Å²) in [7, 11) is 0. The molecule has 1 aromatic carbocycles. The largest absolute Gasteiger partial charge is 0.550 e. The maximum Gasteiger partial charge on any atom is 0.166 e. The van der Waals surface area contributed by atoms with Crippen LogP contribution < -0.4 is 5.11 Å². The normalized spacial score (nSPS) is 23.6. The van der Waals surface area contributed by atoms with Crippen molar-refractivity contribution in [3.05, 3.63) is 34.9 Å². The number of halogens is 1. The Labute approximate surface area is 111 Å². The van der Waals surface area contributed by atoms with E-state index in [1.165, 1.54) is 0 Å². The number of carboxylic acid groups (broad SMARTS) is 1. The average molecular weight is 266 g/mol. The predicted octanol–water partition coefficient (Wildman–Crippen LogP) is 2.08. The van der Waals surface area contributed by atoms with Gasteiger partial charge in [0.05, 0.1) is 0 Å². The molecule has 0 amide bonds. The molecule has 0 heterocycles. The monoisotopic (exact) mass is 265 g/mol. The highest BCUT2D eigenvalue weighted by molar-refractivity contribution is 6.30. The molecule has 4 heteroatoms. The molecule has 18 heavy (non-hydrogen) atoms. The summed E-state index contributed by atoms with van der Waals surface area (Å²) in [6, 6.07) is 6.58. The lowest BCUT2D eigenvalue weighted by atomic mass is 9.75. The molecule has 96 valence electrons. The van der Waals surface area contributed by atoms with E-state index in [4.69, 9.17) is 11.6 Å². The minimum absolute atomic E-state index is 0.111. The number of carbonyl (C=O) groups is 2. The summed E-state index contributed by atoms with van der Waals surface area (Å²) in [4.78, 5) is 23.4. The van der Waals surface area contributed by atoms with Crippen molar-refractivity contribution in [3.8, 4) is 0 Å². The number of hydrogen-bond acceptors (Lipinski definition) is 3. The predicted molar refractivity (Wildman–Crippen MR) is 66.2 cm³/mol. The molecule has 0 bridgehead atoms. The molecule has 2 atom stereocenters. The maximum absolute atomic E-state index is 12.3. The molecule has 0 aromatic heterocycles. The Hall–Kier alpha value is -1.35. The lowest BCUT2D eigenvalue weighted by Gasteiger charge is -2.31. The van der Waals surface area contributed by atoms with Crippen molar-refractivity contribution in [2.24, 2.45) is 11.8 Å². The SMILES string of the molecule is O=C(c1ccc(Cl)cc1)[C@H]1CCCC[C@H]1C(=O)[O-]. The molecular formula is C14H14ClO3-. The van der Waals surface area contributed by atoms with E-state index in [0.717, 1.165) is 12.8 Å². The summed E-state index contributed by atoms with van der Waals surface area (Å²) in [6.07, 6.45) is 2.91. The Morgan fingerprint density at radius 3 is 2.17 bits per heavy atom. The van der Waals surface area contributed by atoms with Gasteiger partial charge in [0.15, 0.2) is 5.78 Å². The van der Waals surface area contributed by atoms with Gasteiger partial charge in [-0.2, -0.15) is 0 Å². The molecular weight excluding hydrogens is 252 g/mol. The van der Waals surface area contributed by atoms with Crippen molar-refractivity contribution >= 4 is 23.4 Å². The number of benzene rings is 1. The second kappa shape index (κ2) is 5.53. The van der Waals surface area contributed by atoms with Crippen LogP contribution in [-0.2, 0) is 4.79 Å². The zero-order valence-electron chi connectivity index (χ0n) is 9.90. The van der Waals surface area contributed by atoms with Crippen LogP contribution in [0.4, 0.5) is 0 Å². The van der Waals surface area contributed by atoms with Gasteiger partial charge in [0.1, 0.15) is 0 Å².